The summed E-state index contributed by atoms with van der Waals surface area (Å²) in [5.41, 5.74) is 13.1. The predicted octanol–water partition coefficient (Wildman–Crippen LogP) is 0.895. The topological polar surface area (TPSA) is 173 Å². The zero-order valence-corrected chi connectivity index (χ0v) is 24.6. The molecule has 1 aliphatic heterocycles. The molecule has 224 valence electrons. The SMILES string of the molecule is CCc1nc2ccccc2cc1C(=O)N1CCC[C@H]1C(=O)N[C@@H](CS)C(=O)N[C@@H](CCCCN)C(=O)NCCCN. The third-order valence-electron chi connectivity index (χ3n) is 7.26. The van der Waals surface area contributed by atoms with Gasteiger partial charge in [0.15, 0.2) is 0 Å². The zero-order valence-electron chi connectivity index (χ0n) is 23.7. The number of nitrogens with zero attached hydrogens (tertiary/aromatic N) is 2. The van der Waals surface area contributed by atoms with E-state index < -0.39 is 29.9 Å². The second kappa shape index (κ2) is 16.3. The first-order chi connectivity index (χ1) is 19.8. The highest BCUT2D eigenvalue weighted by Gasteiger charge is 2.37. The summed E-state index contributed by atoms with van der Waals surface area (Å²) in [4.78, 5) is 59.2. The van der Waals surface area contributed by atoms with E-state index in [1.54, 1.807) is 4.90 Å². The number of nitrogens with one attached hydrogen (secondary N) is 3. The van der Waals surface area contributed by atoms with Gasteiger partial charge >= 0.3 is 0 Å². The normalized spacial score (nSPS) is 16.3. The van der Waals surface area contributed by atoms with Crippen LogP contribution < -0.4 is 27.4 Å². The summed E-state index contributed by atoms with van der Waals surface area (Å²) in [6.45, 7) is 3.70. The van der Waals surface area contributed by atoms with Gasteiger partial charge in [-0.05, 0) is 70.2 Å². The number of aryl methyl sites for hydroxylation is 1. The number of likely N-dealkylation sites (tertiary alicyclic amines) is 1. The second-order valence-corrected chi connectivity index (χ2v) is 10.6. The van der Waals surface area contributed by atoms with Crippen molar-refractivity contribution in [2.75, 3.05) is 31.9 Å². The summed E-state index contributed by atoms with van der Waals surface area (Å²) >= 11 is 4.29. The fourth-order valence-electron chi connectivity index (χ4n) is 4.98. The number of amides is 4. The lowest BCUT2D eigenvalue weighted by atomic mass is 10.1. The first-order valence-corrected chi connectivity index (χ1v) is 15.1. The van der Waals surface area contributed by atoms with E-state index in [9.17, 15) is 19.2 Å². The minimum absolute atomic E-state index is 0.0249. The second-order valence-electron chi connectivity index (χ2n) is 10.2. The number of benzene rings is 1. The van der Waals surface area contributed by atoms with Gasteiger partial charge in [-0.15, -0.1) is 0 Å². The van der Waals surface area contributed by atoms with E-state index >= 15 is 0 Å². The van der Waals surface area contributed by atoms with E-state index in [1.165, 1.54) is 0 Å². The maximum absolute atomic E-state index is 13.7. The van der Waals surface area contributed by atoms with Crippen molar-refractivity contribution in [2.24, 2.45) is 11.5 Å². The number of carbonyl (C=O) groups is 4. The van der Waals surface area contributed by atoms with Crippen LogP contribution >= 0.6 is 12.6 Å². The van der Waals surface area contributed by atoms with Crippen LogP contribution in [0.3, 0.4) is 0 Å². The number of rotatable bonds is 15. The summed E-state index contributed by atoms with van der Waals surface area (Å²) in [6, 6.07) is 6.97. The minimum atomic E-state index is -0.981. The number of fused-ring (bicyclic) bond motifs is 1. The number of nitrogens with two attached hydrogens (primary N) is 2. The van der Waals surface area contributed by atoms with Crippen LogP contribution in [0.2, 0.25) is 0 Å². The number of aromatic nitrogens is 1. The van der Waals surface area contributed by atoms with Gasteiger partial charge in [-0.3, -0.25) is 24.2 Å². The van der Waals surface area contributed by atoms with Gasteiger partial charge in [0.05, 0.1) is 16.8 Å². The van der Waals surface area contributed by atoms with E-state index in [0.717, 1.165) is 10.9 Å². The molecule has 0 bridgehead atoms. The Morgan fingerprint density at radius 1 is 1.05 bits per heavy atom. The van der Waals surface area contributed by atoms with Crippen molar-refractivity contribution in [3.8, 4) is 0 Å². The van der Waals surface area contributed by atoms with Crippen LogP contribution in [0.15, 0.2) is 30.3 Å². The summed E-state index contributed by atoms with van der Waals surface area (Å²) in [7, 11) is 0. The zero-order chi connectivity index (χ0) is 29.8. The first-order valence-electron chi connectivity index (χ1n) is 14.4. The van der Waals surface area contributed by atoms with Crippen molar-refractivity contribution in [3.63, 3.8) is 0 Å². The van der Waals surface area contributed by atoms with Gasteiger partial charge in [0, 0.05) is 24.2 Å². The number of thiol groups is 1. The molecule has 1 aliphatic rings. The van der Waals surface area contributed by atoms with Crippen LogP contribution in [-0.4, -0.2) is 83.6 Å². The molecule has 0 spiro atoms. The summed E-state index contributed by atoms with van der Waals surface area (Å²) in [5.74, 6) is -1.47. The van der Waals surface area contributed by atoms with Gasteiger partial charge in [0.1, 0.15) is 18.1 Å². The fourth-order valence-corrected chi connectivity index (χ4v) is 5.24. The highest BCUT2D eigenvalue weighted by atomic mass is 32.1. The molecule has 1 fully saturated rings. The molecule has 1 aromatic heterocycles. The average Bonchev–Trinajstić information content (AvgIpc) is 3.48. The molecule has 0 aliphatic carbocycles. The standard InChI is InChI=1S/C29H43N7O4S/c1-2-21-20(17-19-9-3-4-10-22(19)33-21)29(40)36-16-7-12-25(36)28(39)35-24(18-41)27(38)34-23(11-5-6-13-30)26(37)32-15-8-14-31/h3-4,9-10,17,23-25,41H,2,5-8,11-16,18,30-31H2,1H3,(H,32,37)(H,34,38)(H,35,39)/t23-,24-,25-/m0/s1. The number of pyridine rings is 1. The van der Waals surface area contributed by atoms with Crippen molar-refractivity contribution in [2.45, 2.75) is 70.0 Å². The highest BCUT2D eigenvalue weighted by molar-refractivity contribution is 7.80. The van der Waals surface area contributed by atoms with E-state index in [4.69, 9.17) is 11.5 Å². The molecule has 12 heteroatoms. The highest BCUT2D eigenvalue weighted by Crippen LogP contribution is 2.24. The number of unbranched alkanes of at least 4 members (excludes halogenated alkanes) is 1. The van der Waals surface area contributed by atoms with Crippen LogP contribution in [0, 0.1) is 0 Å². The van der Waals surface area contributed by atoms with Gasteiger partial charge in [-0.2, -0.15) is 12.6 Å². The molecule has 0 unspecified atom stereocenters. The molecule has 2 heterocycles. The first kappa shape index (κ1) is 32.3. The van der Waals surface area contributed by atoms with Crippen molar-refractivity contribution < 1.29 is 19.2 Å². The molecule has 1 aromatic carbocycles. The summed E-state index contributed by atoms with van der Waals surface area (Å²) < 4.78 is 0. The smallest absolute Gasteiger partial charge is 0.256 e. The lowest BCUT2D eigenvalue weighted by Gasteiger charge is -2.27. The molecule has 7 N–H and O–H groups in total. The van der Waals surface area contributed by atoms with E-state index in [-0.39, 0.29) is 17.6 Å². The summed E-state index contributed by atoms with van der Waals surface area (Å²) in [6.07, 6.45) is 4.12. The Morgan fingerprint density at radius 2 is 1.80 bits per heavy atom. The van der Waals surface area contributed by atoms with E-state index in [0.29, 0.717) is 82.4 Å². The van der Waals surface area contributed by atoms with Gasteiger partial charge < -0.3 is 32.3 Å². The fraction of sp³-hybridized carbons (Fsp3) is 0.552. The molecule has 2 aromatic rings. The third-order valence-corrected chi connectivity index (χ3v) is 7.63. The number of carbonyl (C=O) groups excluding carboxylic acids is 4. The van der Waals surface area contributed by atoms with Crippen LogP contribution in [0.4, 0.5) is 0 Å². The number of hydrogen-bond acceptors (Lipinski definition) is 8. The predicted molar refractivity (Wildman–Crippen MR) is 162 cm³/mol. The Labute approximate surface area is 247 Å². The molecular weight excluding hydrogens is 542 g/mol. The third kappa shape index (κ3) is 8.64. The Morgan fingerprint density at radius 3 is 2.51 bits per heavy atom. The largest absolute Gasteiger partial charge is 0.354 e. The lowest BCUT2D eigenvalue weighted by Crippen LogP contribution is -2.57. The Balaban J connectivity index is 1.70. The van der Waals surface area contributed by atoms with Crippen LogP contribution in [0.1, 0.15) is 61.5 Å². The van der Waals surface area contributed by atoms with Crippen molar-refractivity contribution in [1.82, 2.24) is 25.8 Å². The maximum atomic E-state index is 13.7. The molecule has 0 radical (unpaired) electrons. The monoisotopic (exact) mass is 585 g/mol. The van der Waals surface area contributed by atoms with E-state index in [1.807, 2.05) is 37.3 Å². The van der Waals surface area contributed by atoms with Crippen molar-refractivity contribution in [3.05, 3.63) is 41.6 Å². The summed E-state index contributed by atoms with van der Waals surface area (Å²) in [5, 5.41) is 9.17. The minimum Gasteiger partial charge on any atom is -0.354 e. The van der Waals surface area contributed by atoms with Crippen molar-refractivity contribution in [1.29, 1.82) is 0 Å². The molecule has 4 amide bonds. The van der Waals surface area contributed by atoms with Gasteiger partial charge in [-0.1, -0.05) is 25.1 Å². The lowest BCUT2D eigenvalue weighted by molar-refractivity contribution is -0.132. The van der Waals surface area contributed by atoms with Crippen LogP contribution in [0.5, 0.6) is 0 Å². The van der Waals surface area contributed by atoms with Crippen molar-refractivity contribution >= 4 is 47.2 Å². The number of para-hydroxylation sites is 1. The molecule has 11 nitrogen and oxygen atoms in total. The molecule has 0 saturated carbocycles. The number of hydrogen-bond donors (Lipinski definition) is 6. The van der Waals surface area contributed by atoms with Crippen LogP contribution in [-0.2, 0) is 20.8 Å². The maximum Gasteiger partial charge on any atom is 0.256 e. The molecule has 3 rings (SSSR count). The molecule has 1 saturated heterocycles. The van der Waals surface area contributed by atoms with Gasteiger partial charge in [0.2, 0.25) is 17.7 Å². The van der Waals surface area contributed by atoms with Crippen LogP contribution in [0.25, 0.3) is 10.9 Å². The van der Waals surface area contributed by atoms with Gasteiger partial charge in [0.25, 0.3) is 5.91 Å². The quantitative estimate of drug-likeness (QED) is 0.133. The van der Waals surface area contributed by atoms with Gasteiger partial charge in [-0.25, -0.2) is 0 Å². The Kier molecular flexibility index (Phi) is 12.8. The average molecular weight is 586 g/mol. The Bertz CT molecular complexity index is 1210. The molecule has 41 heavy (non-hydrogen) atoms. The Hall–Kier alpha value is -3.22. The van der Waals surface area contributed by atoms with E-state index in [2.05, 4.69) is 33.6 Å². The molecule has 3 atom stereocenters. The molecular formula is C29H43N7O4S.